The summed E-state index contributed by atoms with van der Waals surface area (Å²) in [5.41, 5.74) is 0. The van der Waals surface area contributed by atoms with E-state index in [0.29, 0.717) is 0 Å². The second kappa shape index (κ2) is 15.9. The first-order valence-corrected chi connectivity index (χ1v) is 9.73. The molecule has 0 spiro atoms. The van der Waals surface area contributed by atoms with Gasteiger partial charge >= 0.3 is 93.2 Å². The minimum absolute atomic E-state index is 0. The predicted octanol–water partition coefficient (Wildman–Crippen LogP) is -5.53. The second-order valence-corrected chi connectivity index (χ2v) is 1.20. The zero-order chi connectivity index (χ0) is 5.58. The molecule has 0 atom stereocenters. The van der Waals surface area contributed by atoms with E-state index < -0.39 is 14.5 Å². The van der Waals surface area contributed by atoms with Crippen LogP contribution in [0.3, 0.4) is 0 Å². The summed E-state index contributed by atoms with van der Waals surface area (Å²) in [6.07, 6.45) is 0. The van der Waals surface area contributed by atoms with E-state index in [0.717, 1.165) is 0 Å². The van der Waals surface area contributed by atoms with Crippen LogP contribution in [-0.2, 0) is 3.83 Å². The van der Waals surface area contributed by atoms with E-state index in [1.165, 1.54) is 25.4 Å². The maximum atomic E-state index is 8.76. The Labute approximate surface area is 92.8 Å². The first-order valence-electron chi connectivity index (χ1n) is 0.979. The van der Waals surface area contributed by atoms with Gasteiger partial charge in [-0.3, -0.25) is 0 Å². The third-order valence-corrected chi connectivity index (χ3v) is 0. The molecular formula is H4Na2O3Se2. The van der Waals surface area contributed by atoms with Crippen molar-refractivity contribution in [2.24, 2.45) is 0 Å². The van der Waals surface area contributed by atoms with Gasteiger partial charge in [0.05, 0.1) is 0 Å². The third kappa shape index (κ3) is 52.6. The average Bonchev–Trinajstić information content (AvgIpc) is 1.41. The molecule has 3 nitrogen and oxygen atoms in total. The van der Waals surface area contributed by atoms with Crippen LogP contribution in [0.25, 0.3) is 0 Å². The molecule has 0 aromatic carbocycles. The molecule has 0 radical (unpaired) electrons. The molecule has 0 unspecified atom stereocenters. The Kier molecular flexibility index (Phi) is 37.2. The second-order valence-electron chi connectivity index (χ2n) is 0.231. The van der Waals surface area contributed by atoms with Gasteiger partial charge in [0, 0.05) is 0 Å². The summed E-state index contributed by atoms with van der Waals surface area (Å²) in [7, 11) is 0. The van der Waals surface area contributed by atoms with Crippen molar-refractivity contribution in [3.05, 3.63) is 0 Å². The Morgan fingerprint density at radius 2 is 1.57 bits per heavy atom. The van der Waals surface area contributed by atoms with Crippen molar-refractivity contribution in [3.8, 4) is 0 Å². The quantitative estimate of drug-likeness (QED) is 0.425. The average molecular weight is 256 g/mol. The molecular weight excluding hydrogens is 252 g/mol. The molecule has 0 aromatic heterocycles. The van der Waals surface area contributed by atoms with Crippen molar-refractivity contribution in [2.45, 2.75) is 0 Å². The normalized spacial score (nSPS) is 6.00. The molecule has 36 valence electrons. The van der Waals surface area contributed by atoms with Crippen molar-refractivity contribution in [1.82, 2.24) is 0 Å². The fourth-order valence-corrected chi connectivity index (χ4v) is 0. The topological polar surface area (TPSA) is 57.5 Å². The van der Waals surface area contributed by atoms with Gasteiger partial charge in [0.1, 0.15) is 0 Å². The van der Waals surface area contributed by atoms with Gasteiger partial charge in [-0.25, -0.2) is 0 Å². The Hall–Kier alpha value is 2.76. The van der Waals surface area contributed by atoms with Crippen LogP contribution in [0, 0.1) is 0 Å². The third-order valence-electron chi connectivity index (χ3n) is 0. The van der Waals surface area contributed by atoms with Gasteiger partial charge in [-0.1, -0.05) is 0 Å². The van der Waals surface area contributed by atoms with Crippen molar-refractivity contribution in [2.75, 3.05) is 0 Å². The van der Waals surface area contributed by atoms with Crippen molar-refractivity contribution in [3.63, 3.8) is 0 Å². The number of hydrogen-bond acceptors (Lipinski definition) is 1. The van der Waals surface area contributed by atoms with Crippen LogP contribution in [0.5, 0.6) is 0 Å². The molecule has 0 heterocycles. The SMILES string of the molecule is O=[Se](O)O.[H-].[Na+].[Na][SeH]. The molecule has 0 aliphatic carbocycles. The summed E-state index contributed by atoms with van der Waals surface area (Å²) < 4.78 is 23.1. The Balaban J connectivity index is -0.0000000183. The van der Waals surface area contributed by atoms with Crippen LogP contribution in [0.15, 0.2) is 0 Å². The monoisotopic (exact) mass is 258 g/mol. The summed E-state index contributed by atoms with van der Waals surface area (Å²) in [4.78, 5) is 0. The molecule has 0 aliphatic rings. The molecule has 7 heteroatoms. The molecule has 0 saturated heterocycles. The van der Waals surface area contributed by atoms with Crippen LogP contribution in [0.2, 0.25) is 0 Å². The standard InChI is InChI=1S/2Na.H2O3Se.H2Se.H/c;;1-4(2)3;;/h;;(H2,1,2,3);1H2;/q2*+1;;;-1/p-1. The van der Waals surface area contributed by atoms with Crippen molar-refractivity contribution < 1.29 is 43.2 Å². The van der Waals surface area contributed by atoms with E-state index in [-0.39, 0.29) is 31.0 Å². The van der Waals surface area contributed by atoms with Gasteiger partial charge in [0.25, 0.3) is 0 Å². The van der Waals surface area contributed by atoms with E-state index in [1.54, 1.807) is 0 Å². The van der Waals surface area contributed by atoms with Gasteiger partial charge in [0.2, 0.25) is 0 Å². The number of hydrogen-bond donors (Lipinski definition) is 2. The molecule has 0 amide bonds. The summed E-state index contributed by atoms with van der Waals surface area (Å²) in [6.45, 7) is 0. The van der Waals surface area contributed by atoms with Crippen LogP contribution in [0.1, 0.15) is 1.43 Å². The molecule has 0 aromatic rings. The molecule has 0 bridgehead atoms. The van der Waals surface area contributed by atoms with Crippen molar-refractivity contribution >= 4 is 51.4 Å². The van der Waals surface area contributed by atoms with Gasteiger partial charge < -0.3 is 1.43 Å². The minimum atomic E-state index is -3.29. The molecule has 0 saturated carbocycles. The maximum absolute atomic E-state index is 8.76. The fraction of sp³-hybridized carbons (Fsp3) is 0. The van der Waals surface area contributed by atoms with Crippen molar-refractivity contribution in [1.29, 1.82) is 0 Å². The first kappa shape index (κ1) is 16.4. The van der Waals surface area contributed by atoms with Crippen LogP contribution >= 0.6 is 0 Å². The Morgan fingerprint density at radius 3 is 1.57 bits per heavy atom. The molecule has 2 N–H and O–H groups in total. The van der Waals surface area contributed by atoms with Gasteiger partial charge in [-0.2, -0.15) is 0 Å². The molecule has 0 rings (SSSR count). The van der Waals surface area contributed by atoms with E-state index in [1.807, 2.05) is 0 Å². The zero-order valence-corrected chi connectivity index (χ0v) is 11.7. The van der Waals surface area contributed by atoms with Gasteiger partial charge in [0.15, 0.2) is 0 Å². The van der Waals surface area contributed by atoms with Crippen LogP contribution in [0.4, 0.5) is 0 Å². The summed E-state index contributed by atoms with van der Waals surface area (Å²) in [6, 6.07) is 0. The number of rotatable bonds is 0. The van der Waals surface area contributed by atoms with Gasteiger partial charge in [-0.15, -0.1) is 0 Å². The zero-order valence-electron chi connectivity index (χ0n) is 5.16. The van der Waals surface area contributed by atoms with Crippen LogP contribution in [-0.4, -0.2) is 59.8 Å². The van der Waals surface area contributed by atoms with E-state index in [4.69, 9.17) is 12.2 Å². The molecule has 7 heavy (non-hydrogen) atoms. The van der Waals surface area contributed by atoms with E-state index >= 15 is 0 Å². The fourth-order valence-electron chi connectivity index (χ4n) is 0. The summed E-state index contributed by atoms with van der Waals surface area (Å²) in [5.74, 6) is 0. The summed E-state index contributed by atoms with van der Waals surface area (Å²) >= 11 is 0.403. The predicted molar refractivity (Wildman–Crippen MR) is 24.9 cm³/mol. The Morgan fingerprint density at radius 1 is 1.57 bits per heavy atom. The Bertz CT molecular complexity index is 38.3. The van der Waals surface area contributed by atoms with Crippen LogP contribution < -0.4 is 29.6 Å². The molecule has 0 aliphatic heterocycles. The van der Waals surface area contributed by atoms with E-state index in [2.05, 4.69) is 11.6 Å². The first-order chi connectivity index (χ1) is 2.73. The van der Waals surface area contributed by atoms with E-state index in [9.17, 15) is 0 Å². The summed E-state index contributed by atoms with van der Waals surface area (Å²) in [5, 5.41) is 0. The van der Waals surface area contributed by atoms with Gasteiger partial charge in [-0.05, 0) is 0 Å². The molecule has 0 fully saturated rings.